The summed E-state index contributed by atoms with van der Waals surface area (Å²) in [5.74, 6) is -0.315. The first-order chi connectivity index (χ1) is 9.45. The largest absolute Gasteiger partial charge is 0.383 e. The van der Waals surface area contributed by atoms with E-state index in [1.165, 1.54) is 12.1 Å². The summed E-state index contributed by atoms with van der Waals surface area (Å²) in [6.07, 6.45) is 1.87. The van der Waals surface area contributed by atoms with Crippen LogP contribution in [-0.4, -0.2) is 45.5 Å². The minimum atomic E-state index is -3.94. The van der Waals surface area contributed by atoms with Gasteiger partial charge in [0.2, 0.25) is 0 Å². The van der Waals surface area contributed by atoms with Crippen molar-refractivity contribution in [2.75, 3.05) is 20.3 Å². The van der Waals surface area contributed by atoms with E-state index >= 15 is 0 Å². The minimum Gasteiger partial charge on any atom is -0.383 e. The molecular weight excluding hydrogens is 302 g/mol. The predicted molar refractivity (Wildman–Crippen MR) is 75.4 cm³/mol. The Morgan fingerprint density at radius 2 is 2.05 bits per heavy atom. The molecule has 2 rings (SSSR count). The summed E-state index contributed by atoms with van der Waals surface area (Å²) in [7, 11) is 3.01. The molecule has 0 bridgehead atoms. The van der Waals surface area contributed by atoms with Gasteiger partial charge in [0.25, 0.3) is 15.0 Å². The maximum absolute atomic E-state index is 12.5. The molecule has 0 radical (unpaired) electrons. The maximum atomic E-state index is 12.5. The number of carbonyl (C=O) groups is 1. The summed E-state index contributed by atoms with van der Waals surface area (Å²) in [5.41, 5.74) is 0.116. The highest BCUT2D eigenvalue weighted by molar-refractivity contribution is 8.13. The molecule has 7 heteroatoms. The van der Waals surface area contributed by atoms with Crippen molar-refractivity contribution in [2.45, 2.75) is 23.8 Å². The van der Waals surface area contributed by atoms with Crippen molar-refractivity contribution in [3.63, 3.8) is 0 Å². The van der Waals surface area contributed by atoms with Crippen molar-refractivity contribution in [1.29, 1.82) is 0 Å². The third kappa shape index (κ3) is 3.50. The first-order valence-electron chi connectivity index (χ1n) is 6.28. The van der Waals surface area contributed by atoms with Gasteiger partial charge in [-0.15, -0.1) is 0 Å². The van der Waals surface area contributed by atoms with Crippen LogP contribution >= 0.6 is 10.7 Å². The Hall–Kier alpha value is -1.11. The minimum absolute atomic E-state index is 0.116. The van der Waals surface area contributed by atoms with Crippen LogP contribution in [0.5, 0.6) is 0 Å². The molecule has 0 aromatic heterocycles. The standard InChI is InChI=1S/C13H16ClNO4S/c1-19-9-8-15(10-6-7-10)13(16)11-4-2-3-5-12(11)20(14,17)18/h2-5,10H,6-9H2,1H3. The molecule has 0 aliphatic heterocycles. The van der Waals surface area contributed by atoms with E-state index in [-0.39, 0.29) is 22.4 Å². The molecule has 20 heavy (non-hydrogen) atoms. The molecule has 0 saturated heterocycles. The predicted octanol–water partition coefficient (Wildman–Crippen LogP) is 1.87. The molecule has 1 aromatic rings. The van der Waals surface area contributed by atoms with Crippen molar-refractivity contribution >= 4 is 25.6 Å². The van der Waals surface area contributed by atoms with E-state index in [1.807, 2.05) is 0 Å². The second kappa shape index (κ2) is 6.11. The summed E-state index contributed by atoms with van der Waals surface area (Å²) in [6.45, 7) is 0.856. The third-order valence-corrected chi connectivity index (χ3v) is 4.55. The van der Waals surface area contributed by atoms with Gasteiger partial charge < -0.3 is 9.64 Å². The number of methoxy groups -OCH3 is 1. The van der Waals surface area contributed by atoms with E-state index in [1.54, 1.807) is 24.1 Å². The van der Waals surface area contributed by atoms with Crippen LogP contribution in [0.4, 0.5) is 0 Å². The van der Waals surface area contributed by atoms with Crippen LogP contribution in [0, 0.1) is 0 Å². The lowest BCUT2D eigenvalue weighted by Crippen LogP contribution is -2.36. The zero-order valence-electron chi connectivity index (χ0n) is 11.1. The topological polar surface area (TPSA) is 63.7 Å². The number of carbonyl (C=O) groups excluding carboxylic acids is 1. The molecule has 0 heterocycles. The monoisotopic (exact) mass is 317 g/mol. The molecule has 0 N–H and O–H groups in total. The normalized spacial score (nSPS) is 15.1. The molecule has 1 aliphatic carbocycles. The number of nitrogens with zero attached hydrogens (tertiary/aromatic N) is 1. The Morgan fingerprint density at radius 3 is 2.60 bits per heavy atom. The van der Waals surface area contributed by atoms with Crippen LogP contribution in [0.15, 0.2) is 29.2 Å². The van der Waals surface area contributed by atoms with E-state index in [2.05, 4.69) is 0 Å². The van der Waals surface area contributed by atoms with Crippen LogP contribution in [-0.2, 0) is 13.8 Å². The zero-order chi connectivity index (χ0) is 14.8. The van der Waals surface area contributed by atoms with Crippen LogP contribution in [0.1, 0.15) is 23.2 Å². The molecule has 0 atom stereocenters. The van der Waals surface area contributed by atoms with Crippen LogP contribution in [0.2, 0.25) is 0 Å². The fraction of sp³-hybridized carbons (Fsp3) is 0.462. The molecule has 5 nitrogen and oxygen atoms in total. The first-order valence-corrected chi connectivity index (χ1v) is 8.59. The highest BCUT2D eigenvalue weighted by atomic mass is 35.7. The Bertz CT molecular complexity index is 598. The number of hydrogen-bond donors (Lipinski definition) is 0. The van der Waals surface area contributed by atoms with Crippen molar-refractivity contribution < 1.29 is 17.9 Å². The molecule has 1 aromatic carbocycles. The molecule has 1 aliphatic rings. The number of amides is 1. The molecule has 1 fully saturated rings. The van der Waals surface area contributed by atoms with Gasteiger partial charge in [0.15, 0.2) is 0 Å². The molecule has 0 unspecified atom stereocenters. The van der Waals surface area contributed by atoms with Crippen molar-refractivity contribution in [3.8, 4) is 0 Å². The highest BCUT2D eigenvalue weighted by Gasteiger charge is 2.34. The van der Waals surface area contributed by atoms with Crippen molar-refractivity contribution in [3.05, 3.63) is 29.8 Å². The molecule has 0 spiro atoms. The van der Waals surface area contributed by atoms with Gasteiger partial charge in [0.1, 0.15) is 0 Å². The Balaban J connectivity index is 2.32. The average Bonchev–Trinajstić information content (AvgIpc) is 3.22. The third-order valence-electron chi connectivity index (χ3n) is 3.16. The molecule has 1 amide bonds. The fourth-order valence-electron chi connectivity index (χ4n) is 2.04. The number of ether oxygens (including phenoxy) is 1. The smallest absolute Gasteiger partial charge is 0.262 e. The number of halogens is 1. The number of benzene rings is 1. The van der Waals surface area contributed by atoms with Crippen LogP contribution < -0.4 is 0 Å². The van der Waals surface area contributed by atoms with Crippen LogP contribution in [0.25, 0.3) is 0 Å². The van der Waals surface area contributed by atoms with Gasteiger partial charge in [-0.2, -0.15) is 0 Å². The number of hydrogen-bond acceptors (Lipinski definition) is 4. The zero-order valence-corrected chi connectivity index (χ0v) is 12.7. The fourth-order valence-corrected chi connectivity index (χ4v) is 3.10. The summed E-state index contributed by atoms with van der Waals surface area (Å²) >= 11 is 0. The van der Waals surface area contributed by atoms with E-state index in [0.29, 0.717) is 13.2 Å². The lowest BCUT2D eigenvalue weighted by molar-refractivity contribution is 0.0676. The molecular formula is C13H16ClNO4S. The van der Waals surface area contributed by atoms with Crippen molar-refractivity contribution in [2.24, 2.45) is 0 Å². The van der Waals surface area contributed by atoms with Gasteiger partial charge in [-0.3, -0.25) is 4.79 Å². The second-order valence-corrected chi connectivity index (χ2v) is 7.19. The second-order valence-electron chi connectivity index (χ2n) is 4.66. The summed E-state index contributed by atoms with van der Waals surface area (Å²) < 4.78 is 28.1. The highest BCUT2D eigenvalue weighted by Crippen LogP contribution is 2.30. The summed E-state index contributed by atoms with van der Waals surface area (Å²) in [5, 5.41) is 0. The van der Waals surface area contributed by atoms with E-state index in [4.69, 9.17) is 15.4 Å². The Morgan fingerprint density at radius 1 is 1.40 bits per heavy atom. The Kier molecular flexibility index (Phi) is 4.67. The van der Waals surface area contributed by atoms with Gasteiger partial charge in [0, 0.05) is 30.4 Å². The van der Waals surface area contributed by atoms with Gasteiger partial charge in [-0.25, -0.2) is 8.42 Å². The quantitative estimate of drug-likeness (QED) is 0.751. The summed E-state index contributed by atoms with van der Waals surface area (Å²) in [6, 6.07) is 6.17. The van der Waals surface area contributed by atoms with E-state index < -0.39 is 9.05 Å². The Labute approximate surface area is 122 Å². The first kappa shape index (κ1) is 15.3. The van der Waals surface area contributed by atoms with Gasteiger partial charge in [-0.05, 0) is 25.0 Å². The molecule has 1 saturated carbocycles. The average molecular weight is 318 g/mol. The van der Waals surface area contributed by atoms with Gasteiger partial charge in [0.05, 0.1) is 17.1 Å². The van der Waals surface area contributed by atoms with Crippen LogP contribution in [0.3, 0.4) is 0 Å². The SMILES string of the molecule is COCCN(C(=O)c1ccccc1S(=O)(=O)Cl)C1CC1. The van der Waals surface area contributed by atoms with Gasteiger partial charge >= 0.3 is 0 Å². The molecule has 110 valence electrons. The van der Waals surface area contributed by atoms with E-state index in [9.17, 15) is 13.2 Å². The number of rotatable bonds is 6. The van der Waals surface area contributed by atoms with Gasteiger partial charge in [-0.1, -0.05) is 12.1 Å². The maximum Gasteiger partial charge on any atom is 0.262 e. The van der Waals surface area contributed by atoms with Crippen molar-refractivity contribution in [1.82, 2.24) is 4.90 Å². The summed E-state index contributed by atoms with van der Waals surface area (Å²) in [4.78, 5) is 14.1. The van der Waals surface area contributed by atoms with E-state index in [0.717, 1.165) is 12.8 Å². The lowest BCUT2D eigenvalue weighted by Gasteiger charge is -2.22. The lowest BCUT2D eigenvalue weighted by atomic mass is 10.2.